The van der Waals surface area contributed by atoms with Crippen molar-refractivity contribution in [2.75, 3.05) is 19.9 Å². The average Bonchev–Trinajstić information content (AvgIpc) is 3.52. The molecule has 2 aliphatic heterocycles. The number of aromatic amines is 1. The monoisotopic (exact) mass is 433 g/mol. The molecule has 5 rings (SSSR count). The summed E-state index contributed by atoms with van der Waals surface area (Å²) in [5.74, 6) is 0.960. The Bertz CT molecular complexity index is 1130. The molecule has 3 aromatic rings. The van der Waals surface area contributed by atoms with E-state index in [0.29, 0.717) is 42.5 Å². The molecule has 1 atom stereocenters. The molecule has 2 amide bonds. The van der Waals surface area contributed by atoms with Crippen LogP contribution in [0.3, 0.4) is 0 Å². The van der Waals surface area contributed by atoms with Gasteiger partial charge < -0.3 is 19.7 Å². The van der Waals surface area contributed by atoms with Crippen LogP contribution >= 0.6 is 0 Å². The van der Waals surface area contributed by atoms with Crippen LogP contribution in [0.1, 0.15) is 28.9 Å². The molecule has 9 heteroatoms. The number of piperidine rings is 1. The van der Waals surface area contributed by atoms with Crippen molar-refractivity contribution < 1.29 is 19.1 Å². The van der Waals surface area contributed by atoms with Gasteiger partial charge in [0, 0.05) is 37.6 Å². The van der Waals surface area contributed by atoms with Crippen molar-refractivity contribution >= 4 is 11.8 Å². The fourth-order valence-corrected chi connectivity index (χ4v) is 4.03. The van der Waals surface area contributed by atoms with Gasteiger partial charge in [-0.3, -0.25) is 19.7 Å². The normalized spacial score (nSPS) is 17.2. The Labute approximate surface area is 184 Å². The quantitative estimate of drug-likeness (QED) is 0.639. The molecule has 32 heavy (non-hydrogen) atoms. The zero-order valence-corrected chi connectivity index (χ0v) is 17.4. The number of carbonyl (C=O) groups is 2. The molecule has 0 aliphatic carbocycles. The van der Waals surface area contributed by atoms with Crippen LogP contribution in [0.4, 0.5) is 0 Å². The van der Waals surface area contributed by atoms with Gasteiger partial charge in [-0.2, -0.15) is 5.10 Å². The van der Waals surface area contributed by atoms with Gasteiger partial charge in [-0.05, 0) is 48.7 Å². The van der Waals surface area contributed by atoms with Gasteiger partial charge in [0.05, 0.1) is 11.6 Å². The molecule has 0 radical (unpaired) electrons. The van der Waals surface area contributed by atoms with Crippen molar-refractivity contribution in [1.82, 2.24) is 25.4 Å². The number of carbonyl (C=O) groups excluding carboxylic acids is 2. The van der Waals surface area contributed by atoms with Crippen molar-refractivity contribution in [1.29, 1.82) is 0 Å². The second-order valence-corrected chi connectivity index (χ2v) is 7.90. The highest BCUT2D eigenvalue weighted by atomic mass is 16.7. The summed E-state index contributed by atoms with van der Waals surface area (Å²) in [4.78, 5) is 31.5. The van der Waals surface area contributed by atoms with Crippen LogP contribution in [-0.2, 0) is 11.3 Å². The Hall–Kier alpha value is -3.88. The van der Waals surface area contributed by atoms with Gasteiger partial charge in [0.1, 0.15) is 5.69 Å². The van der Waals surface area contributed by atoms with E-state index in [4.69, 9.17) is 9.47 Å². The number of fused-ring (bicyclic) bond motifs is 1. The lowest BCUT2D eigenvalue weighted by Crippen LogP contribution is -2.45. The number of ether oxygens (including phenoxy) is 2. The number of aromatic nitrogens is 3. The molecule has 1 fully saturated rings. The molecule has 0 saturated carbocycles. The summed E-state index contributed by atoms with van der Waals surface area (Å²) in [5.41, 5.74) is 2.92. The first kappa shape index (κ1) is 20.0. The van der Waals surface area contributed by atoms with Crippen LogP contribution in [0.5, 0.6) is 11.5 Å². The number of rotatable bonds is 5. The molecule has 0 bridgehead atoms. The highest BCUT2D eigenvalue weighted by Gasteiger charge is 2.29. The average molecular weight is 433 g/mol. The van der Waals surface area contributed by atoms with Gasteiger partial charge in [-0.25, -0.2) is 0 Å². The molecule has 9 nitrogen and oxygen atoms in total. The first-order chi connectivity index (χ1) is 15.7. The van der Waals surface area contributed by atoms with Gasteiger partial charge in [-0.1, -0.05) is 6.07 Å². The van der Waals surface area contributed by atoms with Crippen molar-refractivity contribution in [3.63, 3.8) is 0 Å². The Morgan fingerprint density at radius 2 is 1.97 bits per heavy atom. The maximum atomic E-state index is 13.0. The fraction of sp³-hybridized carbons (Fsp3) is 0.304. The first-order valence-electron chi connectivity index (χ1n) is 10.6. The third kappa shape index (κ3) is 4.14. The van der Waals surface area contributed by atoms with Gasteiger partial charge >= 0.3 is 0 Å². The second-order valence-electron chi connectivity index (χ2n) is 7.90. The van der Waals surface area contributed by atoms with Crippen LogP contribution in [-0.4, -0.2) is 51.8 Å². The number of likely N-dealkylation sites (tertiary alicyclic amines) is 1. The molecule has 0 unspecified atom stereocenters. The van der Waals surface area contributed by atoms with Gasteiger partial charge in [0.15, 0.2) is 11.5 Å². The molecule has 2 aliphatic rings. The molecular weight excluding hydrogens is 410 g/mol. The Morgan fingerprint density at radius 3 is 2.84 bits per heavy atom. The summed E-state index contributed by atoms with van der Waals surface area (Å²) in [7, 11) is 0. The van der Waals surface area contributed by atoms with E-state index >= 15 is 0 Å². The van der Waals surface area contributed by atoms with E-state index in [-0.39, 0.29) is 24.5 Å². The van der Waals surface area contributed by atoms with Crippen molar-refractivity contribution in [2.45, 2.75) is 19.4 Å². The summed E-state index contributed by atoms with van der Waals surface area (Å²) in [6.07, 6.45) is 4.90. The van der Waals surface area contributed by atoms with Crippen LogP contribution in [0, 0.1) is 5.92 Å². The Balaban J connectivity index is 1.19. The zero-order valence-electron chi connectivity index (χ0n) is 17.4. The lowest BCUT2D eigenvalue weighted by Gasteiger charge is -2.31. The summed E-state index contributed by atoms with van der Waals surface area (Å²) in [6.45, 7) is 1.62. The fourth-order valence-electron chi connectivity index (χ4n) is 4.03. The minimum Gasteiger partial charge on any atom is -0.454 e. The molecule has 0 spiro atoms. The molecule has 2 N–H and O–H groups in total. The lowest BCUT2D eigenvalue weighted by atomic mass is 9.96. The molecule has 1 saturated heterocycles. The van der Waals surface area contributed by atoms with E-state index in [1.807, 2.05) is 30.3 Å². The molecule has 2 aromatic heterocycles. The number of benzene rings is 1. The first-order valence-corrected chi connectivity index (χ1v) is 10.6. The van der Waals surface area contributed by atoms with E-state index < -0.39 is 0 Å². The zero-order chi connectivity index (χ0) is 21.9. The number of H-pyrrole nitrogens is 1. The van der Waals surface area contributed by atoms with E-state index in [1.54, 1.807) is 23.4 Å². The van der Waals surface area contributed by atoms with Crippen LogP contribution in [0.2, 0.25) is 0 Å². The van der Waals surface area contributed by atoms with E-state index in [2.05, 4.69) is 20.5 Å². The van der Waals surface area contributed by atoms with Gasteiger partial charge in [0.2, 0.25) is 12.7 Å². The predicted octanol–water partition coefficient (Wildman–Crippen LogP) is 2.37. The molecule has 1 aromatic carbocycles. The number of nitrogens with one attached hydrogen (secondary N) is 2. The third-order valence-electron chi connectivity index (χ3n) is 5.77. The third-order valence-corrected chi connectivity index (χ3v) is 5.77. The number of nitrogens with zero attached hydrogens (tertiary/aromatic N) is 3. The van der Waals surface area contributed by atoms with Crippen molar-refractivity contribution in [3.05, 3.63) is 60.0 Å². The molecule has 164 valence electrons. The summed E-state index contributed by atoms with van der Waals surface area (Å²) < 4.78 is 10.7. The number of amides is 2. The number of pyridine rings is 1. The SMILES string of the molecule is O=C(NCc1ccc2c(c1)OCO2)[C@H]1CCCN(C(=O)c2cc(-c3ccncc3)n[nH]2)C1. The van der Waals surface area contributed by atoms with Crippen molar-refractivity contribution in [2.24, 2.45) is 5.92 Å². The minimum absolute atomic E-state index is 0.0535. The van der Waals surface area contributed by atoms with E-state index in [9.17, 15) is 9.59 Å². The Kier molecular flexibility index (Phi) is 5.45. The van der Waals surface area contributed by atoms with Crippen LogP contribution in [0.15, 0.2) is 48.8 Å². The highest BCUT2D eigenvalue weighted by molar-refractivity contribution is 5.94. The van der Waals surface area contributed by atoms with Gasteiger partial charge in [-0.15, -0.1) is 0 Å². The molecule has 4 heterocycles. The molecular formula is C23H23N5O4. The minimum atomic E-state index is -0.246. The van der Waals surface area contributed by atoms with Crippen LogP contribution in [0.25, 0.3) is 11.3 Å². The topological polar surface area (TPSA) is 109 Å². The summed E-state index contributed by atoms with van der Waals surface area (Å²) >= 11 is 0. The summed E-state index contributed by atoms with van der Waals surface area (Å²) in [5, 5.41) is 10.1. The largest absolute Gasteiger partial charge is 0.454 e. The maximum Gasteiger partial charge on any atom is 0.271 e. The second kappa shape index (κ2) is 8.70. The Morgan fingerprint density at radius 1 is 1.12 bits per heavy atom. The summed E-state index contributed by atoms with van der Waals surface area (Å²) in [6, 6.07) is 11.0. The standard InChI is InChI=1S/C23H23N5O4/c29-22(25-12-15-3-4-20-21(10-15)32-14-31-20)17-2-1-9-28(13-17)23(30)19-11-18(26-27-19)16-5-7-24-8-6-16/h3-8,10-11,17H,1-2,9,12-14H2,(H,25,29)(H,26,27)/t17-/m0/s1. The van der Waals surface area contributed by atoms with E-state index in [1.165, 1.54) is 0 Å². The highest BCUT2D eigenvalue weighted by Crippen LogP contribution is 2.32. The lowest BCUT2D eigenvalue weighted by molar-refractivity contribution is -0.126. The van der Waals surface area contributed by atoms with Gasteiger partial charge in [0.25, 0.3) is 5.91 Å². The number of hydrogen-bond acceptors (Lipinski definition) is 6. The van der Waals surface area contributed by atoms with E-state index in [0.717, 1.165) is 24.0 Å². The number of hydrogen-bond donors (Lipinski definition) is 2. The predicted molar refractivity (Wildman–Crippen MR) is 115 cm³/mol. The maximum absolute atomic E-state index is 13.0. The van der Waals surface area contributed by atoms with Crippen LogP contribution < -0.4 is 14.8 Å². The van der Waals surface area contributed by atoms with Crippen molar-refractivity contribution in [3.8, 4) is 22.8 Å². The smallest absolute Gasteiger partial charge is 0.271 e.